The number of anilines is 1. The number of carbonyl (C=O) groups is 1. The van der Waals surface area contributed by atoms with E-state index in [2.05, 4.69) is 33.0 Å². The van der Waals surface area contributed by atoms with Crippen molar-refractivity contribution in [3.63, 3.8) is 0 Å². The van der Waals surface area contributed by atoms with Crippen molar-refractivity contribution >= 4 is 11.7 Å². The Kier molecular flexibility index (Phi) is 6.93. The molecule has 0 radical (unpaired) electrons. The fourth-order valence-electron chi connectivity index (χ4n) is 4.90. The lowest BCUT2D eigenvalue weighted by molar-refractivity contribution is 0.100. The summed E-state index contributed by atoms with van der Waals surface area (Å²) in [5, 5.41) is 9.19. The molecular formula is C30H28N6O. The lowest BCUT2D eigenvalue weighted by atomic mass is 9.87. The number of aromatic nitrogens is 2. The average molecular weight is 489 g/mol. The Bertz CT molecular complexity index is 1430. The fourth-order valence-corrected chi connectivity index (χ4v) is 4.90. The third-order valence-corrected chi connectivity index (χ3v) is 6.87. The molecule has 7 nitrogen and oxygen atoms in total. The fraction of sp³-hybridized carbons (Fsp3) is 0.200. The molecule has 184 valence electrons. The van der Waals surface area contributed by atoms with Crippen molar-refractivity contribution in [3.8, 4) is 28.3 Å². The first kappa shape index (κ1) is 24.2. The van der Waals surface area contributed by atoms with Gasteiger partial charge in [0.2, 0.25) is 5.91 Å². The van der Waals surface area contributed by atoms with Gasteiger partial charge in [0, 0.05) is 68.0 Å². The molecule has 5 rings (SSSR count). The number of nitriles is 1. The van der Waals surface area contributed by atoms with E-state index in [1.807, 2.05) is 55.8 Å². The lowest BCUT2D eigenvalue weighted by Crippen LogP contribution is -2.46. The van der Waals surface area contributed by atoms with Gasteiger partial charge in [0.05, 0.1) is 11.6 Å². The number of carbonyl (C=O) groups excluding carboxylic acids is 1. The molecule has 1 saturated heterocycles. The summed E-state index contributed by atoms with van der Waals surface area (Å²) in [5.74, 6) is 0.430. The highest BCUT2D eigenvalue weighted by Gasteiger charge is 2.21. The lowest BCUT2D eigenvalue weighted by Gasteiger charge is -2.35. The molecule has 0 unspecified atom stereocenters. The van der Waals surface area contributed by atoms with E-state index in [9.17, 15) is 10.1 Å². The molecule has 2 N–H and O–H groups in total. The Morgan fingerprint density at radius 3 is 2.24 bits per heavy atom. The van der Waals surface area contributed by atoms with Gasteiger partial charge in [-0.3, -0.25) is 14.7 Å². The summed E-state index contributed by atoms with van der Waals surface area (Å²) < 4.78 is 0. The number of hydrogen-bond donors (Lipinski definition) is 1. The van der Waals surface area contributed by atoms with Gasteiger partial charge in [0.25, 0.3) is 0 Å². The van der Waals surface area contributed by atoms with Crippen molar-refractivity contribution in [3.05, 3.63) is 102 Å². The zero-order valence-corrected chi connectivity index (χ0v) is 20.8. The number of pyridine rings is 2. The highest BCUT2D eigenvalue weighted by atomic mass is 16.1. The maximum atomic E-state index is 12.4. The third kappa shape index (κ3) is 5.20. The molecule has 2 aromatic heterocycles. The first-order valence-corrected chi connectivity index (χ1v) is 12.3. The van der Waals surface area contributed by atoms with Gasteiger partial charge in [-0.1, -0.05) is 18.2 Å². The van der Waals surface area contributed by atoms with Crippen LogP contribution >= 0.6 is 0 Å². The Morgan fingerprint density at radius 2 is 1.62 bits per heavy atom. The number of aryl methyl sites for hydroxylation is 1. The van der Waals surface area contributed by atoms with E-state index < -0.39 is 5.91 Å². The van der Waals surface area contributed by atoms with Crippen molar-refractivity contribution in [2.45, 2.75) is 13.5 Å². The van der Waals surface area contributed by atoms with Crippen LogP contribution in [0.5, 0.6) is 0 Å². The topological polar surface area (TPSA) is 99.1 Å². The van der Waals surface area contributed by atoms with Crippen LogP contribution in [0, 0.1) is 18.3 Å². The SMILES string of the molecule is Cc1ccc(C(N)=O)c(-c2ccc(N3CCN(Cc4ccncc4)CC3)nc2)c1-c1ccc(C#N)cc1. The molecule has 2 aromatic carbocycles. The van der Waals surface area contributed by atoms with Gasteiger partial charge in [-0.25, -0.2) is 4.98 Å². The minimum atomic E-state index is -0.487. The summed E-state index contributed by atoms with van der Waals surface area (Å²) in [7, 11) is 0. The maximum absolute atomic E-state index is 12.4. The Morgan fingerprint density at radius 1 is 0.919 bits per heavy atom. The molecule has 0 atom stereocenters. The van der Waals surface area contributed by atoms with E-state index in [0.717, 1.165) is 66.4 Å². The van der Waals surface area contributed by atoms with Crippen molar-refractivity contribution in [2.75, 3.05) is 31.1 Å². The van der Waals surface area contributed by atoms with E-state index in [1.165, 1.54) is 5.56 Å². The molecule has 3 heterocycles. The minimum absolute atomic E-state index is 0.448. The first-order valence-electron chi connectivity index (χ1n) is 12.3. The number of piperazine rings is 1. The summed E-state index contributed by atoms with van der Waals surface area (Å²) in [6.45, 7) is 6.63. The predicted octanol–water partition coefficient (Wildman–Crippen LogP) is 4.41. The van der Waals surface area contributed by atoms with Gasteiger partial charge in [-0.2, -0.15) is 5.26 Å². The summed E-state index contributed by atoms with van der Waals surface area (Å²) >= 11 is 0. The number of primary amides is 1. The average Bonchev–Trinajstić information content (AvgIpc) is 2.94. The van der Waals surface area contributed by atoms with E-state index in [4.69, 9.17) is 10.7 Å². The smallest absolute Gasteiger partial charge is 0.249 e. The van der Waals surface area contributed by atoms with Crippen LogP contribution in [0.3, 0.4) is 0 Å². The molecule has 7 heteroatoms. The number of nitrogens with zero attached hydrogens (tertiary/aromatic N) is 5. The molecule has 1 aliphatic heterocycles. The van der Waals surface area contributed by atoms with E-state index in [-0.39, 0.29) is 0 Å². The first-order chi connectivity index (χ1) is 18.0. The number of rotatable bonds is 6. The summed E-state index contributed by atoms with van der Waals surface area (Å²) in [5.41, 5.74) is 12.5. The second-order valence-corrected chi connectivity index (χ2v) is 9.26. The largest absolute Gasteiger partial charge is 0.366 e. The molecule has 1 aliphatic rings. The number of hydrogen-bond acceptors (Lipinski definition) is 6. The highest BCUT2D eigenvalue weighted by Crippen LogP contribution is 2.38. The van der Waals surface area contributed by atoms with Crippen LogP contribution in [-0.2, 0) is 6.54 Å². The van der Waals surface area contributed by atoms with E-state index >= 15 is 0 Å². The van der Waals surface area contributed by atoms with Crippen LogP contribution in [0.1, 0.15) is 27.0 Å². The monoisotopic (exact) mass is 488 g/mol. The van der Waals surface area contributed by atoms with Gasteiger partial charge in [-0.15, -0.1) is 0 Å². The predicted molar refractivity (Wildman–Crippen MR) is 145 cm³/mol. The quantitative estimate of drug-likeness (QED) is 0.432. The summed E-state index contributed by atoms with van der Waals surface area (Å²) in [6, 6.07) is 21.4. The van der Waals surface area contributed by atoms with Crippen molar-refractivity contribution in [1.29, 1.82) is 5.26 Å². The summed E-state index contributed by atoms with van der Waals surface area (Å²) in [4.78, 5) is 26.0. The summed E-state index contributed by atoms with van der Waals surface area (Å²) in [6.07, 6.45) is 5.50. The molecule has 0 saturated carbocycles. The molecule has 4 aromatic rings. The molecule has 1 amide bonds. The Labute approximate surface area is 216 Å². The number of amides is 1. The Hall–Kier alpha value is -4.54. The zero-order chi connectivity index (χ0) is 25.8. The van der Waals surface area contributed by atoms with E-state index in [0.29, 0.717) is 11.1 Å². The van der Waals surface area contributed by atoms with Crippen LogP contribution in [-0.4, -0.2) is 47.0 Å². The second-order valence-electron chi connectivity index (χ2n) is 9.26. The zero-order valence-electron chi connectivity index (χ0n) is 20.8. The van der Waals surface area contributed by atoms with E-state index in [1.54, 1.807) is 18.2 Å². The number of benzene rings is 2. The second kappa shape index (κ2) is 10.6. The van der Waals surface area contributed by atoms with Gasteiger partial charge >= 0.3 is 0 Å². The van der Waals surface area contributed by atoms with Crippen LogP contribution in [0.15, 0.2) is 79.3 Å². The van der Waals surface area contributed by atoms with Crippen molar-refractivity contribution in [2.24, 2.45) is 5.73 Å². The molecule has 1 fully saturated rings. The van der Waals surface area contributed by atoms with Gasteiger partial charge in [0.15, 0.2) is 0 Å². The van der Waals surface area contributed by atoms with Crippen molar-refractivity contribution in [1.82, 2.24) is 14.9 Å². The van der Waals surface area contributed by atoms with Gasteiger partial charge < -0.3 is 10.6 Å². The standard InChI is InChI=1S/C30H28N6O/c1-21-2-8-26(30(32)37)29(28(21)24-5-3-22(18-31)4-6-24)25-7-9-27(34-19-25)36-16-14-35(15-17-36)20-23-10-12-33-13-11-23/h2-13,19H,14-17,20H2,1H3,(H2,32,37). The van der Waals surface area contributed by atoms with Crippen molar-refractivity contribution < 1.29 is 4.79 Å². The van der Waals surface area contributed by atoms with Crippen LogP contribution < -0.4 is 10.6 Å². The molecule has 0 spiro atoms. The van der Waals surface area contributed by atoms with Gasteiger partial charge in [0.1, 0.15) is 5.82 Å². The van der Waals surface area contributed by atoms with Crippen LogP contribution in [0.2, 0.25) is 0 Å². The molecular weight excluding hydrogens is 460 g/mol. The molecule has 0 bridgehead atoms. The minimum Gasteiger partial charge on any atom is -0.366 e. The van der Waals surface area contributed by atoms with Crippen LogP contribution in [0.4, 0.5) is 5.82 Å². The normalized spacial score (nSPS) is 13.8. The number of nitrogens with two attached hydrogens (primary N) is 1. The highest BCUT2D eigenvalue weighted by molar-refractivity contribution is 6.04. The molecule has 37 heavy (non-hydrogen) atoms. The Balaban J connectivity index is 1.40. The van der Waals surface area contributed by atoms with Crippen LogP contribution in [0.25, 0.3) is 22.3 Å². The van der Waals surface area contributed by atoms with Gasteiger partial charge in [-0.05, 0) is 71.6 Å². The maximum Gasteiger partial charge on any atom is 0.249 e. The molecule has 0 aliphatic carbocycles. The third-order valence-electron chi connectivity index (χ3n) is 6.87.